The van der Waals surface area contributed by atoms with Gasteiger partial charge >= 0.3 is 5.97 Å². The monoisotopic (exact) mass is 354 g/mol. The van der Waals surface area contributed by atoms with Gasteiger partial charge in [0.05, 0.1) is 19.0 Å². The Kier molecular flexibility index (Phi) is 4.53. The highest BCUT2D eigenvalue weighted by molar-refractivity contribution is 9.10. The number of hydrogen-bond donors (Lipinski definition) is 2. The van der Waals surface area contributed by atoms with Crippen LogP contribution in [0.2, 0.25) is 0 Å². The number of nitrogens with zero attached hydrogens (tertiary/aromatic N) is 3. The molecule has 2 rings (SSSR count). The van der Waals surface area contributed by atoms with Crippen molar-refractivity contribution in [1.29, 1.82) is 0 Å². The second-order valence-corrected chi connectivity index (χ2v) is 4.85. The number of carbonyl (C=O) groups excluding carboxylic acids is 1. The Morgan fingerprint density at radius 1 is 1.48 bits per heavy atom. The summed E-state index contributed by atoms with van der Waals surface area (Å²) in [5.74, 6) is -0.981. The Morgan fingerprint density at radius 3 is 2.90 bits per heavy atom. The third-order valence-corrected chi connectivity index (χ3v) is 3.18. The molecule has 0 saturated carbocycles. The van der Waals surface area contributed by atoms with Gasteiger partial charge in [0.1, 0.15) is 12.3 Å². The number of benzene rings is 1. The van der Waals surface area contributed by atoms with Crippen molar-refractivity contribution in [2.45, 2.75) is 6.54 Å². The molecule has 0 unspecified atom stereocenters. The minimum absolute atomic E-state index is 0.0194. The molecule has 1 aromatic heterocycles. The normalized spacial score (nSPS) is 10.2. The van der Waals surface area contributed by atoms with Gasteiger partial charge in [-0.05, 0) is 28.1 Å². The predicted molar refractivity (Wildman–Crippen MR) is 76.3 cm³/mol. The van der Waals surface area contributed by atoms with Crippen LogP contribution in [-0.2, 0) is 11.3 Å². The summed E-state index contributed by atoms with van der Waals surface area (Å²) >= 11 is 3.31. The lowest BCUT2D eigenvalue weighted by molar-refractivity contribution is -0.137. The summed E-state index contributed by atoms with van der Waals surface area (Å²) in [6.07, 6.45) is 1.26. The molecule has 21 heavy (non-hydrogen) atoms. The van der Waals surface area contributed by atoms with Crippen molar-refractivity contribution < 1.29 is 19.4 Å². The molecule has 2 N–H and O–H groups in total. The Balaban J connectivity index is 2.14. The number of carboxylic acids is 1. The van der Waals surface area contributed by atoms with Crippen LogP contribution in [-0.4, -0.2) is 39.1 Å². The summed E-state index contributed by atoms with van der Waals surface area (Å²) in [5.41, 5.74) is 0.526. The topological polar surface area (TPSA) is 106 Å². The highest BCUT2D eigenvalue weighted by Gasteiger charge is 2.14. The molecular formula is C12H11BrN4O4. The molecule has 0 fully saturated rings. The van der Waals surface area contributed by atoms with Gasteiger partial charge in [0, 0.05) is 10.5 Å². The van der Waals surface area contributed by atoms with Crippen LogP contribution >= 0.6 is 15.9 Å². The summed E-state index contributed by atoms with van der Waals surface area (Å²) in [6, 6.07) is 5.11. The maximum absolute atomic E-state index is 12.0. The summed E-state index contributed by atoms with van der Waals surface area (Å²) in [5, 5.41) is 18.5. The summed E-state index contributed by atoms with van der Waals surface area (Å²) < 4.78 is 6.82. The van der Waals surface area contributed by atoms with Gasteiger partial charge in [-0.3, -0.25) is 9.59 Å². The molecule has 8 nitrogen and oxygen atoms in total. The molecule has 0 saturated heterocycles. The fraction of sp³-hybridized carbons (Fsp3) is 0.167. The maximum atomic E-state index is 12.0. The Labute approximate surface area is 127 Å². The first-order chi connectivity index (χ1) is 9.99. The molecule has 2 aromatic rings. The number of aromatic nitrogens is 3. The van der Waals surface area contributed by atoms with Gasteiger partial charge in [-0.15, -0.1) is 5.10 Å². The Bertz CT molecular complexity index is 686. The largest absolute Gasteiger partial charge is 0.497 e. The molecule has 0 spiro atoms. The van der Waals surface area contributed by atoms with Crippen molar-refractivity contribution in [3.8, 4) is 5.75 Å². The van der Waals surface area contributed by atoms with Gasteiger partial charge in [-0.1, -0.05) is 5.21 Å². The van der Waals surface area contributed by atoms with E-state index in [-0.39, 0.29) is 12.2 Å². The van der Waals surface area contributed by atoms with Crippen LogP contribution in [0.15, 0.2) is 28.9 Å². The van der Waals surface area contributed by atoms with Crippen molar-refractivity contribution in [3.63, 3.8) is 0 Å². The number of nitrogens with one attached hydrogen (secondary N) is 1. The lowest BCUT2D eigenvalue weighted by Crippen LogP contribution is -2.13. The first kappa shape index (κ1) is 15.0. The van der Waals surface area contributed by atoms with E-state index in [2.05, 4.69) is 31.6 Å². The van der Waals surface area contributed by atoms with E-state index in [1.54, 1.807) is 18.2 Å². The minimum atomic E-state index is -1.07. The molecular weight excluding hydrogens is 344 g/mol. The zero-order valence-corrected chi connectivity index (χ0v) is 12.5. The second kappa shape index (κ2) is 6.35. The summed E-state index contributed by atoms with van der Waals surface area (Å²) in [7, 11) is 1.52. The number of methoxy groups -OCH3 is 1. The number of rotatable bonds is 5. The van der Waals surface area contributed by atoms with E-state index < -0.39 is 11.9 Å². The van der Waals surface area contributed by atoms with Gasteiger partial charge in [0.15, 0.2) is 5.69 Å². The van der Waals surface area contributed by atoms with Crippen LogP contribution in [0.4, 0.5) is 5.69 Å². The van der Waals surface area contributed by atoms with Crippen molar-refractivity contribution in [2.24, 2.45) is 0 Å². The van der Waals surface area contributed by atoms with Crippen molar-refractivity contribution >= 4 is 33.5 Å². The van der Waals surface area contributed by atoms with E-state index in [1.807, 2.05) is 0 Å². The van der Waals surface area contributed by atoms with Crippen molar-refractivity contribution in [3.05, 3.63) is 34.6 Å². The second-order valence-electron chi connectivity index (χ2n) is 4.00. The third-order valence-electron chi connectivity index (χ3n) is 2.49. The molecule has 0 aliphatic heterocycles. The predicted octanol–water partition coefficient (Wildman–Crippen LogP) is 1.39. The van der Waals surface area contributed by atoms with Crippen LogP contribution in [0.3, 0.4) is 0 Å². The van der Waals surface area contributed by atoms with Gasteiger partial charge in [-0.25, -0.2) is 4.68 Å². The van der Waals surface area contributed by atoms with E-state index in [9.17, 15) is 9.59 Å². The third kappa shape index (κ3) is 3.78. The lowest BCUT2D eigenvalue weighted by Gasteiger charge is -2.07. The molecule has 0 bridgehead atoms. The number of hydrogen-bond acceptors (Lipinski definition) is 5. The molecule has 0 atom stereocenters. The van der Waals surface area contributed by atoms with Crippen LogP contribution in [0.5, 0.6) is 5.75 Å². The van der Waals surface area contributed by atoms with Gasteiger partial charge in [-0.2, -0.15) is 0 Å². The Hall–Kier alpha value is -2.42. The van der Waals surface area contributed by atoms with E-state index >= 15 is 0 Å². The van der Waals surface area contributed by atoms with Crippen LogP contribution in [0, 0.1) is 0 Å². The van der Waals surface area contributed by atoms with Crippen LogP contribution in [0.1, 0.15) is 10.5 Å². The number of carbonyl (C=O) groups is 2. The SMILES string of the molecule is COc1ccc(Br)c(NC(=O)c2cn(CC(=O)O)nn2)c1. The molecule has 1 aromatic carbocycles. The Morgan fingerprint density at radius 2 is 2.24 bits per heavy atom. The van der Waals surface area contributed by atoms with Crippen LogP contribution in [0.25, 0.3) is 0 Å². The number of halogens is 1. The zero-order chi connectivity index (χ0) is 15.4. The van der Waals surface area contributed by atoms with E-state index in [0.717, 1.165) is 4.68 Å². The van der Waals surface area contributed by atoms with E-state index in [0.29, 0.717) is 15.9 Å². The molecule has 1 heterocycles. The number of anilines is 1. The molecule has 9 heteroatoms. The molecule has 1 amide bonds. The van der Waals surface area contributed by atoms with Crippen LogP contribution < -0.4 is 10.1 Å². The number of aliphatic carboxylic acids is 1. The fourth-order valence-corrected chi connectivity index (χ4v) is 1.88. The summed E-state index contributed by atoms with van der Waals surface area (Å²) in [4.78, 5) is 22.6. The van der Waals surface area contributed by atoms with E-state index in [1.165, 1.54) is 13.3 Å². The first-order valence-electron chi connectivity index (χ1n) is 5.76. The zero-order valence-electron chi connectivity index (χ0n) is 10.9. The highest BCUT2D eigenvalue weighted by atomic mass is 79.9. The smallest absolute Gasteiger partial charge is 0.325 e. The lowest BCUT2D eigenvalue weighted by atomic mass is 10.3. The van der Waals surface area contributed by atoms with Crippen molar-refractivity contribution in [2.75, 3.05) is 12.4 Å². The maximum Gasteiger partial charge on any atom is 0.325 e. The minimum Gasteiger partial charge on any atom is -0.497 e. The standard InChI is InChI=1S/C12H11BrN4O4/c1-21-7-2-3-8(13)9(4-7)14-12(20)10-5-17(16-15-10)6-11(18)19/h2-5H,6H2,1H3,(H,14,20)(H,18,19). The van der Waals surface area contributed by atoms with Gasteiger partial charge in [0.2, 0.25) is 0 Å². The number of amides is 1. The van der Waals surface area contributed by atoms with Crippen molar-refractivity contribution in [1.82, 2.24) is 15.0 Å². The average Bonchev–Trinajstić information content (AvgIpc) is 2.89. The summed E-state index contributed by atoms with van der Waals surface area (Å²) in [6.45, 7) is -0.358. The molecule has 110 valence electrons. The average molecular weight is 355 g/mol. The number of carboxylic acid groups (broad SMARTS) is 1. The van der Waals surface area contributed by atoms with E-state index in [4.69, 9.17) is 9.84 Å². The molecule has 0 aliphatic carbocycles. The quantitative estimate of drug-likeness (QED) is 0.840. The molecule has 0 radical (unpaired) electrons. The van der Waals surface area contributed by atoms with Gasteiger partial charge < -0.3 is 15.2 Å². The molecule has 0 aliphatic rings. The number of ether oxygens (including phenoxy) is 1. The first-order valence-corrected chi connectivity index (χ1v) is 6.55. The van der Waals surface area contributed by atoms with Gasteiger partial charge in [0.25, 0.3) is 5.91 Å². The fourth-order valence-electron chi connectivity index (χ4n) is 1.53. The highest BCUT2D eigenvalue weighted by Crippen LogP contribution is 2.27.